The molecule has 8 heteroatoms. The van der Waals surface area contributed by atoms with Crippen LogP contribution in [-0.2, 0) is 0 Å². The van der Waals surface area contributed by atoms with Gasteiger partial charge in [0.05, 0.1) is 11.5 Å². The lowest BCUT2D eigenvalue weighted by molar-refractivity contribution is -0.619. The van der Waals surface area contributed by atoms with E-state index in [-0.39, 0.29) is 22.6 Å². The van der Waals surface area contributed by atoms with Gasteiger partial charge in [-0.1, -0.05) is 13.0 Å². The average Bonchev–Trinajstić information content (AvgIpc) is 2.57. The van der Waals surface area contributed by atoms with Crippen LogP contribution in [0.25, 0.3) is 0 Å². The first-order valence-electron chi connectivity index (χ1n) is 7.77. The molecule has 2 aromatic rings. The fourth-order valence-corrected chi connectivity index (χ4v) is 2.36. The number of nitrogens with one attached hydrogen (secondary N) is 1. The molecular weight excluding hydrogens is 326 g/mol. The van der Waals surface area contributed by atoms with E-state index in [1.54, 1.807) is 6.92 Å². The van der Waals surface area contributed by atoms with E-state index in [4.69, 9.17) is 4.74 Å². The third-order valence-electron chi connectivity index (χ3n) is 3.58. The zero-order chi connectivity index (χ0) is 18.6. The molecule has 0 saturated heterocycles. The highest BCUT2D eigenvalue weighted by Crippen LogP contribution is 2.24. The number of rotatable bonds is 6. The molecule has 0 spiro atoms. The number of anilines is 1. The van der Waals surface area contributed by atoms with Gasteiger partial charge in [0.25, 0.3) is 11.6 Å². The van der Waals surface area contributed by atoms with Gasteiger partial charge in [-0.25, -0.2) is 0 Å². The second-order valence-corrected chi connectivity index (χ2v) is 5.51. The molecule has 0 radical (unpaired) electrons. The van der Waals surface area contributed by atoms with Gasteiger partial charge in [-0.05, 0) is 12.5 Å². The Morgan fingerprint density at radius 2 is 2.04 bits per heavy atom. The number of amides is 1. The monoisotopic (exact) mass is 345 g/mol. The molecule has 0 bridgehead atoms. The number of nitro benzene ring substituents is 1. The summed E-state index contributed by atoms with van der Waals surface area (Å²) in [4.78, 5) is 22.9. The van der Waals surface area contributed by atoms with Crippen molar-refractivity contribution in [1.29, 1.82) is 0 Å². The number of carbonyl (C=O) groups is 1. The smallest absolute Gasteiger partial charge is 0.271 e. The Labute approximate surface area is 144 Å². The summed E-state index contributed by atoms with van der Waals surface area (Å²) < 4.78 is 6.26. The van der Waals surface area contributed by atoms with Crippen molar-refractivity contribution in [3.63, 3.8) is 0 Å². The Bertz CT molecular complexity index is 820. The number of benzene rings is 1. The number of hydrogen-bond acceptors (Lipinski definition) is 5. The molecule has 25 heavy (non-hydrogen) atoms. The van der Waals surface area contributed by atoms with Crippen LogP contribution >= 0.6 is 0 Å². The SMILES string of the molecule is CCCOc1cc(C)[n+]([O-])c(C)c1C(=O)Nc1cccc([N+](=O)[O-])c1. The van der Waals surface area contributed by atoms with Crippen LogP contribution in [0.15, 0.2) is 30.3 Å². The highest BCUT2D eigenvalue weighted by atomic mass is 16.6. The summed E-state index contributed by atoms with van der Waals surface area (Å²) in [5.41, 5.74) is 0.850. The van der Waals surface area contributed by atoms with Gasteiger partial charge in [0.15, 0.2) is 5.69 Å². The highest BCUT2D eigenvalue weighted by Gasteiger charge is 2.24. The minimum Gasteiger partial charge on any atom is -0.618 e. The number of ether oxygens (including phenoxy) is 1. The Morgan fingerprint density at radius 1 is 1.32 bits per heavy atom. The van der Waals surface area contributed by atoms with Crippen LogP contribution in [0.4, 0.5) is 11.4 Å². The molecule has 1 aromatic heterocycles. The summed E-state index contributed by atoms with van der Waals surface area (Å²) in [6.45, 7) is 5.49. The molecule has 132 valence electrons. The van der Waals surface area contributed by atoms with Gasteiger partial charge in [0, 0.05) is 37.7 Å². The topological polar surface area (TPSA) is 108 Å². The zero-order valence-corrected chi connectivity index (χ0v) is 14.2. The van der Waals surface area contributed by atoms with Crippen molar-refractivity contribution in [2.75, 3.05) is 11.9 Å². The van der Waals surface area contributed by atoms with Crippen molar-refractivity contribution in [3.8, 4) is 5.75 Å². The average molecular weight is 345 g/mol. The second-order valence-electron chi connectivity index (χ2n) is 5.51. The van der Waals surface area contributed by atoms with E-state index >= 15 is 0 Å². The number of hydrogen-bond donors (Lipinski definition) is 1. The van der Waals surface area contributed by atoms with Crippen molar-refractivity contribution in [2.24, 2.45) is 0 Å². The number of aromatic nitrogens is 1. The first kappa shape index (κ1) is 18.2. The number of nitro groups is 1. The number of aryl methyl sites for hydroxylation is 1. The van der Waals surface area contributed by atoms with Crippen LogP contribution in [-0.4, -0.2) is 17.4 Å². The summed E-state index contributed by atoms with van der Waals surface area (Å²) in [6.07, 6.45) is 0.746. The molecule has 0 aliphatic heterocycles. The first-order chi connectivity index (χ1) is 11.8. The largest absolute Gasteiger partial charge is 0.618 e. The fourth-order valence-electron chi connectivity index (χ4n) is 2.36. The van der Waals surface area contributed by atoms with Crippen molar-refractivity contribution < 1.29 is 19.2 Å². The molecule has 1 aromatic carbocycles. The number of non-ortho nitro benzene ring substituents is 1. The third kappa shape index (κ3) is 4.03. The van der Waals surface area contributed by atoms with Crippen LogP contribution in [0.1, 0.15) is 35.1 Å². The van der Waals surface area contributed by atoms with Crippen molar-refractivity contribution in [3.05, 3.63) is 62.6 Å². The number of nitrogens with zero attached hydrogens (tertiary/aromatic N) is 2. The summed E-state index contributed by atoms with van der Waals surface area (Å²) in [7, 11) is 0. The van der Waals surface area contributed by atoms with E-state index in [0.717, 1.165) is 6.42 Å². The molecule has 0 fully saturated rings. The van der Waals surface area contributed by atoms with E-state index in [1.807, 2.05) is 6.92 Å². The Balaban J connectivity index is 2.39. The van der Waals surface area contributed by atoms with Crippen LogP contribution < -0.4 is 14.8 Å². The third-order valence-corrected chi connectivity index (χ3v) is 3.58. The van der Waals surface area contributed by atoms with Gasteiger partial charge in [-0.15, -0.1) is 0 Å². The van der Waals surface area contributed by atoms with Gasteiger partial charge in [-0.3, -0.25) is 14.9 Å². The molecule has 2 rings (SSSR count). The maximum Gasteiger partial charge on any atom is 0.271 e. The predicted molar refractivity (Wildman–Crippen MR) is 91.7 cm³/mol. The molecule has 0 unspecified atom stereocenters. The normalized spacial score (nSPS) is 10.4. The molecule has 1 amide bonds. The quantitative estimate of drug-likeness (QED) is 0.375. The molecule has 0 aliphatic carbocycles. The Morgan fingerprint density at radius 3 is 2.68 bits per heavy atom. The minimum absolute atomic E-state index is 0.112. The van der Waals surface area contributed by atoms with Gasteiger partial charge >= 0.3 is 0 Å². The first-order valence-corrected chi connectivity index (χ1v) is 7.77. The molecular formula is C17H19N3O5. The molecule has 0 aliphatic rings. The van der Waals surface area contributed by atoms with E-state index < -0.39 is 10.8 Å². The van der Waals surface area contributed by atoms with Gasteiger partial charge in [-0.2, -0.15) is 4.73 Å². The molecule has 0 atom stereocenters. The summed E-state index contributed by atoms with van der Waals surface area (Å²) in [5.74, 6) is -0.249. The lowest BCUT2D eigenvalue weighted by Crippen LogP contribution is -2.37. The second kappa shape index (κ2) is 7.61. The van der Waals surface area contributed by atoms with Crippen LogP contribution in [0.3, 0.4) is 0 Å². The number of carbonyl (C=O) groups excluding carboxylic acids is 1. The van der Waals surface area contributed by atoms with Crippen molar-refractivity contribution >= 4 is 17.3 Å². The standard InChI is InChI=1S/C17H19N3O5/c1-4-8-25-15-9-11(2)19(22)12(3)16(15)17(21)18-13-6-5-7-14(10-13)20(23)24/h5-7,9-10H,4,8H2,1-3H3,(H,18,21). The Kier molecular flexibility index (Phi) is 5.53. The predicted octanol–water partition coefficient (Wildman–Crippen LogP) is 2.89. The highest BCUT2D eigenvalue weighted by molar-refractivity contribution is 6.06. The molecule has 0 saturated carbocycles. The van der Waals surface area contributed by atoms with E-state index in [1.165, 1.54) is 37.3 Å². The Hall–Kier alpha value is -3.16. The van der Waals surface area contributed by atoms with Crippen LogP contribution in [0, 0.1) is 29.2 Å². The summed E-state index contributed by atoms with van der Waals surface area (Å²) in [6, 6.07) is 7.09. The minimum atomic E-state index is -0.561. The lowest BCUT2D eigenvalue weighted by Gasteiger charge is -2.15. The lowest BCUT2D eigenvalue weighted by atomic mass is 10.1. The molecule has 8 nitrogen and oxygen atoms in total. The maximum atomic E-state index is 12.7. The van der Waals surface area contributed by atoms with E-state index in [2.05, 4.69) is 5.32 Å². The van der Waals surface area contributed by atoms with Crippen molar-refractivity contribution in [1.82, 2.24) is 0 Å². The van der Waals surface area contributed by atoms with Gasteiger partial charge in [0.2, 0.25) is 5.69 Å². The van der Waals surface area contributed by atoms with E-state index in [9.17, 15) is 20.1 Å². The van der Waals surface area contributed by atoms with E-state index in [0.29, 0.717) is 22.8 Å². The van der Waals surface area contributed by atoms with Crippen molar-refractivity contribution in [2.45, 2.75) is 27.2 Å². The van der Waals surface area contributed by atoms with Crippen LogP contribution in [0.5, 0.6) is 5.75 Å². The molecule has 1 N–H and O–H groups in total. The van der Waals surface area contributed by atoms with Crippen LogP contribution in [0.2, 0.25) is 0 Å². The fraction of sp³-hybridized carbons (Fsp3) is 0.294. The number of pyridine rings is 1. The van der Waals surface area contributed by atoms with Gasteiger partial charge < -0.3 is 15.3 Å². The zero-order valence-electron chi connectivity index (χ0n) is 14.2. The maximum absolute atomic E-state index is 12.7. The van der Waals surface area contributed by atoms with Gasteiger partial charge in [0.1, 0.15) is 11.3 Å². The molecule has 1 heterocycles. The summed E-state index contributed by atoms with van der Waals surface area (Å²) >= 11 is 0. The summed E-state index contributed by atoms with van der Waals surface area (Å²) in [5, 5.41) is 25.5.